The number of rotatable bonds is 3. The van der Waals surface area contributed by atoms with E-state index in [1.165, 1.54) is 0 Å². The average Bonchev–Trinajstić information content (AvgIpc) is 2.33. The highest BCUT2D eigenvalue weighted by molar-refractivity contribution is 9.10. The van der Waals surface area contributed by atoms with Crippen LogP contribution < -0.4 is 15.2 Å². The minimum atomic E-state index is 0.465. The van der Waals surface area contributed by atoms with E-state index in [2.05, 4.69) is 20.9 Å². The highest BCUT2D eigenvalue weighted by Gasteiger charge is 2.05. The molecule has 2 aromatic rings. The molecule has 1 aromatic carbocycles. The molecule has 0 aliphatic rings. The number of nitrogens with zero attached hydrogens (tertiary/aromatic N) is 1. The van der Waals surface area contributed by atoms with Crippen molar-refractivity contribution >= 4 is 21.6 Å². The van der Waals surface area contributed by atoms with Gasteiger partial charge in [-0.25, -0.2) is 4.98 Å². The second kappa shape index (κ2) is 5.05. The van der Waals surface area contributed by atoms with Crippen LogP contribution in [-0.2, 0) is 0 Å². The van der Waals surface area contributed by atoms with Crippen LogP contribution in [0.5, 0.6) is 17.4 Å². The summed E-state index contributed by atoms with van der Waals surface area (Å²) in [5.41, 5.74) is 6.18. The third kappa shape index (κ3) is 2.88. The van der Waals surface area contributed by atoms with Crippen molar-refractivity contribution < 1.29 is 9.47 Å². The first kappa shape index (κ1) is 11.7. The second-order valence-corrected chi connectivity index (χ2v) is 4.19. The fourth-order valence-corrected chi connectivity index (χ4v) is 1.74. The molecule has 0 unspecified atom stereocenters. The lowest BCUT2D eigenvalue weighted by Crippen LogP contribution is -1.92. The predicted molar refractivity (Wildman–Crippen MR) is 69.4 cm³/mol. The van der Waals surface area contributed by atoms with Crippen LogP contribution >= 0.6 is 15.9 Å². The first-order valence-electron chi connectivity index (χ1n) is 4.92. The monoisotopic (exact) mass is 294 g/mol. The Kier molecular flexibility index (Phi) is 3.49. The van der Waals surface area contributed by atoms with Crippen LogP contribution in [-0.4, -0.2) is 12.1 Å². The minimum absolute atomic E-state index is 0.465. The van der Waals surface area contributed by atoms with Crippen molar-refractivity contribution in [1.82, 2.24) is 4.98 Å². The van der Waals surface area contributed by atoms with Gasteiger partial charge < -0.3 is 15.2 Å². The molecule has 2 N–H and O–H groups in total. The van der Waals surface area contributed by atoms with Crippen LogP contribution in [0.2, 0.25) is 0 Å². The minimum Gasteiger partial charge on any atom is -0.497 e. The van der Waals surface area contributed by atoms with Gasteiger partial charge in [-0.05, 0) is 34.1 Å². The molecule has 0 radical (unpaired) electrons. The van der Waals surface area contributed by atoms with Gasteiger partial charge >= 0.3 is 0 Å². The van der Waals surface area contributed by atoms with Crippen molar-refractivity contribution in [3.05, 3.63) is 41.0 Å². The van der Waals surface area contributed by atoms with E-state index in [1.807, 2.05) is 18.2 Å². The Balaban J connectivity index is 2.25. The molecule has 0 saturated carbocycles. The summed E-state index contributed by atoms with van der Waals surface area (Å²) in [7, 11) is 1.61. The molecular weight excluding hydrogens is 284 g/mol. The standard InChI is InChI=1S/C12H11BrN2O2/c1-16-9-3-2-4-10(6-9)17-12-11(13)5-8(14)7-15-12/h2-7H,14H2,1H3. The van der Waals surface area contributed by atoms with Crippen molar-refractivity contribution in [3.63, 3.8) is 0 Å². The molecule has 2 rings (SSSR count). The molecule has 5 heteroatoms. The van der Waals surface area contributed by atoms with E-state index in [1.54, 1.807) is 25.4 Å². The van der Waals surface area contributed by atoms with Crippen molar-refractivity contribution in [2.75, 3.05) is 12.8 Å². The van der Waals surface area contributed by atoms with Crippen molar-refractivity contribution in [3.8, 4) is 17.4 Å². The van der Waals surface area contributed by atoms with E-state index in [-0.39, 0.29) is 0 Å². The molecule has 88 valence electrons. The van der Waals surface area contributed by atoms with Gasteiger partial charge in [0.25, 0.3) is 0 Å². The van der Waals surface area contributed by atoms with Gasteiger partial charge in [-0.2, -0.15) is 0 Å². The van der Waals surface area contributed by atoms with Crippen LogP contribution in [0.4, 0.5) is 5.69 Å². The lowest BCUT2D eigenvalue weighted by Gasteiger charge is -2.08. The zero-order valence-corrected chi connectivity index (χ0v) is 10.8. The smallest absolute Gasteiger partial charge is 0.233 e. The summed E-state index contributed by atoms with van der Waals surface area (Å²) in [5.74, 6) is 1.85. The van der Waals surface area contributed by atoms with E-state index in [9.17, 15) is 0 Å². The van der Waals surface area contributed by atoms with Crippen LogP contribution in [0.1, 0.15) is 0 Å². The molecule has 0 amide bonds. The van der Waals surface area contributed by atoms with E-state index in [0.717, 1.165) is 5.75 Å². The maximum atomic E-state index is 5.61. The number of benzene rings is 1. The van der Waals surface area contributed by atoms with E-state index in [0.29, 0.717) is 21.8 Å². The fourth-order valence-electron chi connectivity index (χ4n) is 1.29. The Labute approximate surface area is 108 Å². The maximum Gasteiger partial charge on any atom is 0.233 e. The molecule has 0 spiro atoms. The summed E-state index contributed by atoms with van der Waals surface area (Å²) in [6, 6.07) is 9.04. The molecule has 0 bridgehead atoms. The number of hydrogen-bond acceptors (Lipinski definition) is 4. The number of hydrogen-bond donors (Lipinski definition) is 1. The summed E-state index contributed by atoms with van der Waals surface area (Å²) in [6.07, 6.45) is 1.54. The molecule has 0 fully saturated rings. The maximum absolute atomic E-state index is 5.61. The average molecular weight is 295 g/mol. The van der Waals surface area contributed by atoms with Gasteiger partial charge in [0.2, 0.25) is 5.88 Å². The van der Waals surface area contributed by atoms with Gasteiger partial charge in [0.1, 0.15) is 11.5 Å². The summed E-state index contributed by atoms with van der Waals surface area (Å²) in [6.45, 7) is 0. The summed E-state index contributed by atoms with van der Waals surface area (Å²) in [4.78, 5) is 4.09. The lowest BCUT2D eigenvalue weighted by atomic mass is 10.3. The van der Waals surface area contributed by atoms with Crippen LogP contribution in [0.15, 0.2) is 41.0 Å². The lowest BCUT2D eigenvalue weighted by molar-refractivity contribution is 0.407. The highest BCUT2D eigenvalue weighted by Crippen LogP contribution is 2.30. The fraction of sp³-hybridized carbons (Fsp3) is 0.0833. The molecule has 1 aromatic heterocycles. The Morgan fingerprint density at radius 2 is 2.00 bits per heavy atom. The molecule has 1 heterocycles. The van der Waals surface area contributed by atoms with E-state index < -0.39 is 0 Å². The van der Waals surface area contributed by atoms with Crippen molar-refractivity contribution in [1.29, 1.82) is 0 Å². The number of aromatic nitrogens is 1. The zero-order valence-electron chi connectivity index (χ0n) is 9.18. The molecule has 0 saturated heterocycles. The normalized spacial score (nSPS) is 10.0. The first-order valence-corrected chi connectivity index (χ1v) is 5.71. The highest BCUT2D eigenvalue weighted by atomic mass is 79.9. The third-order valence-corrected chi connectivity index (χ3v) is 2.65. The molecule has 0 aliphatic heterocycles. The van der Waals surface area contributed by atoms with Gasteiger partial charge in [0.15, 0.2) is 0 Å². The Hall–Kier alpha value is -1.75. The number of anilines is 1. The summed E-state index contributed by atoms with van der Waals surface area (Å²) >= 11 is 3.34. The number of methoxy groups -OCH3 is 1. The second-order valence-electron chi connectivity index (χ2n) is 3.34. The Bertz CT molecular complexity index is 532. The van der Waals surface area contributed by atoms with Crippen molar-refractivity contribution in [2.45, 2.75) is 0 Å². The number of ether oxygens (including phenoxy) is 2. The van der Waals surface area contributed by atoms with Gasteiger partial charge in [0, 0.05) is 6.07 Å². The van der Waals surface area contributed by atoms with Gasteiger partial charge in [0.05, 0.1) is 23.5 Å². The van der Waals surface area contributed by atoms with Crippen LogP contribution in [0.3, 0.4) is 0 Å². The third-order valence-electron chi connectivity index (χ3n) is 2.08. The summed E-state index contributed by atoms with van der Waals surface area (Å²) in [5, 5.41) is 0. The molecule has 0 aliphatic carbocycles. The van der Waals surface area contributed by atoms with Gasteiger partial charge in [-0.1, -0.05) is 6.07 Å². The summed E-state index contributed by atoms with van der Waals surface area (Å²) < 4.78 is 11.4. The van der Waals surface area contributed by atoms with E-state index >= 15 is 0 Å². The Morgan fingerprint density at radius 3 is 2.71 bits per heavy atom. The quantitative estimate of drug-likeness (QED) is 0.944. The van der Waals surface area contributed by atoms with Crippen LogP contribution in [0, 0.1) is 0 Å². The van der Waals surface area contributed by atoms with E-state index in [4.69, 9.17) is 15.2 Å². The van der Waals surface area contributed by atoms with Gasteiger partial charge in [-0.15, -0.1) is 0 Å². The predicted octanol–water partition coefficient (Wildman–Crippen LogP) is 3.23. The van der Waals surface area contributed by atoms with Crippen molar-refractivity contribution in [2.24, 2.45) is 0 Å². The Morgan fingerprint density at radius 1 is 1.24 bits per heavy atom. The zero-order chi connectivity index (χ0) is 12.3. The molecule has 17 heavy (non-hydrogen) atoms. The molecule has 4 nitrogen and oxygen atoms in total. The first-order chi connectivity index (χ1) is 8.19. The number of nitrogen functional groups attached to an aromatic ring is 1. The molecular formula is C12H11BrN2O2. The SMILES string of the molecule is COc1cccc(Oc2ncc(N)cc2Br)c1. The largest absolute Gasteiger partial charge is 0.497 e. The van der Waals surface area contributed by atoms with Crippen LogP contribution in [0.25, 0.3) is 0 Å². The number of pyridine rings is 1. The van der Waals surface area contributed by atoms with Gasteiger partial charge in [-0.3, -0.25) is 0 Å². The number of nitrogens with two attached hydrogens (primary N) is 1. The molecule has 0 atom stereocenters. The number of halogens is 1. The topological polar surface area (TPSA) is 57.4 Å².